The van der Waals surface area contributed by atoms with Gasteiger partial charge in [-0.15, -0.1) is 12.4 Å². The van der Waals surface area contributed by atoms with Crippen LogP contribution in [-0.2, 0) is 0 Å². The van der Waals surface area contributed by atoms with Gasteiger partial charge < -0.3 is 19.1 Å². The van der Waals surface area contributed by atoms with Crippen LogP contribution in [0.2, 0.25) is 0 Å². The largest absolute Gasteiger partial charge is 0.436 e. The summed E-state index contributed by atoms with van der Waals surface area (Å²) in [6.07, 6.45) is 0. The number of para-hydroxylation sites is 1. The number of benzene rings is 2. The zero-order chi connectivity index (χ0) is 18.4. The quantitative estimate of drug-likeness (QED) is 0.325. The smallest absolute Gasteiger partial charge is 0.349 e. The van der Waals surface area contributed by atoms with Gasteiger partial charge in [0.2, 0.25) is 5.89 Å². The summed E-state index contributed by atoms with van der Waals surface area (Å²) in [5.74, 6) is 0.288. The minimum absolute atomic E-state index is 0. The number of halogens is 2. The van der Waals surface area contributed by atoms with Crippen LogP contribution in [0.1, 0.15) is 0 Å². The van der Waals surface area contributed by atoms with Gasteiger partial charge in [0, 0.05) is 46.9 Å². The van der Waals surface area contributed by atoms with E-state index in [4.69, 9.17) is 8.83 Å². The normalized spacial score (nSPS) is 14.4. The molecule has 1 aliphatic heterocycles. The number of rotatable bonds is 2. The average molecular weight is 510 g/mol. The number of nitrogens with one attached hydrogen (secondary N) is 1. The highest BCUT2D eigenvalue weighted by molar-refractivity contribution is 14.1. The van der Waals surface area contributed by atoms with Crippen molar-refractivity contribution in [3.63, 3.8) is 0 Å². The molecule has 0 amide bonds. The first-order chi connectivity index (χ1) is 13.2. The van der Waals surface area contributed by atoms with Gasteiger partial charge in [-0.2, -0.15) is 0 Å². The number of nitrogens with zero attached hydrogens (tertiary/aromatic N) is 2. The Balaban J connectivity index is 0.00000192. The van der Waals surface area contributed by atoms with E-state index in [9.17, 15) is 4.79 Å². The molecule has 0 bridgehead atoms. The second kappa shape index (κ2) is 7.73. The fourth-order valence-corrected chi connectivity index (χ4v) is 3.99. The van der Waals surface area contributed by atoms with Gasteiger partial charge in [0.15, 0.2) is 5.58 Å². The maximum atomic E-state index is 12.6. The monoisotopic (exact) mass is 509 g/mol. The molecule has 1 saturated heterocycles. The van der Waals surface area contributed by atoms with Crippen LogP contribution in [0.3, 0.4) is 0 Å². The second-order valence-electron chi connectivity index (χ2n) is 6.51. The Kier molecular flexibility index (Phi) is 5.31. The lowest BCUT2D eigenvalue weighted by molar-refractivity contribution is 0.552. The van der Waals surface area contributed by atoms with Crippen molar-refractivity contribution in [2.75, 3.05) is 31.1 Å². The van der Waals surface area contributed by atoms with Gasteiger partial charge in [-0.1, -0.05) is 6.07 Å². The molecule has 6 nitrogen and oxygen atoms in total. The van der Waals surface area contributed by atoms with Gasteiger partial charge in [-0.3, -0.25) is 0 Å². The Morgan fingerprint density at radius 3 is 2.64 bits per heavy atom. The number of fused-ring (bicyclic) bond motifs is 2. The van der Waals surface area contributed by atoms with E-state index in [1.54, 1.807) is 6.07 Å². The molecule has 4 aromatic rings. The molecule has 3 heterocycles. The van der Waals surface area contributed by atoms with Crippen molar-refractivity contribution < 1.29 is 8.83 Å². The predicted octanol–water partition coefficient (Wildman–Crippen LogP) is 4.04. The van der Waals surface area contributed by atoms with Crippen LogP contribution < -0.4 is 15.8 Å². The summed E-state index contributed by atoms with van der Waals surface area (Å²) in [5.41, 5.74) is 2.94. The van der Waals surface area contributed by atoms with E-state index in [0.29, 0.717) is 16.7 Å². The van der Waals surface area contributed by atoms with E-state index in [0.717, 1.165) is 46.3 Å². The molecule has 2 aromatic heterocycles. The van der Waals surface area contributed by atoms with Crippen molar-refractivity contribution in [1.82, 2.24) is 10.3 Å². The van der Waals surface area contributed by atoms with Crippen molar-refractivity contribution in [2.24, 2.45) is 0 Å². The van der Waals surface area contributed by atoms with Crippen LogP contribution in [0.5, 0.6) is 0 Å². The van der Waals surface area contributed by atoms with Crippen LogP contribution in [0.25, 0.3) is 33.5 Å². The zero-order valence-electron chi connectivity index (χ0n) is 14.8. The van der Waals surface area contributed by atoms with E-state index in [-0.39, 0.29) is 18.3 Å². The summed E-state index contributed by atoms with van der Waals surface area (Å²) < 4.78 is 12.4. The van der Waals surface area contributed by atoms with Crippen molar-refractivity contribution in [3.05, 3.63) is 56.5 Å². The molecule has 28 heavy (non-hydrogen) atoms. The van der Waals surface area contributed by atoms with Gasteiger partial charge in [-0.05, 0) is 52.9 Å². The lowest BCUT2D eigenvalue weighted by Crippen LogP contribution is -2.43. The van der Waals surface area contributed by atoms with Gasteiger partial charge in [0.05, 0.1) is 0 Å². The minimum atomic E-state index is -0.443. The van der Waals surface area contributed by atoms with E-state index < -0.39 is 5.63 Å². The van der Waals surface area contributed by atoms with E-state index in [2.05, 4.69) is 43.9 Å². The fraction of sp³-hybridized carbons (Fsp3) is 0.200. The van der Waals surface area contributed by atoms with Crippen molar-refractivity contribution in [2.45, 2.75) is 0 Å². The first-order valence-corrected chi connectivity index (χ1v) is 9.86. The molecule has 0 unspecified atom stereocenters. The molecule has 0 atom stereocenters. The molecule has 5 rings (SSSR count). The molecule has 8 heteroatoms. The number of oxazole rings is 1. The van der Waals surface area contributed by atoms with E-state index in [1.807, 2.05) is 30.3 Å². The number of hydrogen-bond acceptors (Lipinski definition) is 6. The Morgan fingerprint density at radius 1 is 1.04 bits per heavy atom. The van der Waals surface area contributed by atoms with Crippen LogP contribution in [0.15, 0.2) is 56.1 Å². The third-order valence-corrected chi connectivity index (χ3v) is 5.67. The second-order valence-corrected chi connectivity index (χ2v) is 7.67. The summed E-state index contributed by atoms with van der Waals surface area (Å²) in [5, 5.41) is 4.19. The molecule has 0 radical (unpaired) electrons. The molecule has 1 fully saturated rings. The number of hydrogen-bond donors (Lipinski definition) is 1. The maximum Gasteiger partial charge on any atom is 0.349 e. The number of anilines is 1. The lowest BCUT2D eigenvalue weighted by Gasteiger charge is -2.29. The van der Waals surface area contributed by atoms with Crippen molar-refractivity contribution >= 4 is 62.8 Å². The molecule has 0 aliphatic carbocycles. The topological polar surface area (TPSA) is 71.5 Å². The molecule has 0 saturated carbocycles. The highest BCUT2D eigenvalue weighted by Crippen LogP contribution is 2.28. The lowest BCUT2D eigenvalue weighted by atomic mass is 10.1. The SMILES string of the molecule is Cl.O=c1oc2cc(N3CCNCC3)ccc2cc1-c1nc2c(I)cccc2o1. The van der Waals surface area contributed by atoms with Gasteiger partial charge in [-0.25, -0.2) is 9.78 Å². The predicted molar refractivity (Wildman–Crippen MR) is 121 cm³/mol. The third-order valence-electron chi connectivity index (χ3n) is 4.80. The van der Waals surface area contributed by atoms with Gasteiger partial charge >= 0.3 is 5.63 Å². The Bertz CT molecular complexity index is 1210. The molecular formula is C20H17ClIN3O3. The van der Waals surface area contributed by atoms with Gasteiger partial charge in [0.1, 0.15) is 16.7 Å². The zero-order valence-corrected chi connectivity index (χ0v) is 17.7. The summed E-state index contributed by atoms with van der Waals surface area (Å²) in [4.78, 5) is 19.4. The molecule has 144 valence electrons. The maximum absolute atomic E-state index is 12.6. The number of piperazine rings is 1. The van der Waals surface area contributed by atoms with Crippen molar-refractivity contribution in [1.29, 1.82) is 0 Å². The summed E-state index contributed by atoms with van der Waals surface area (Å²) >= 11 is 2.21. The van der Waals surface area contributed by atoms with Crippen LogP contribution >= 0.6 is 35.0 Å². The Morgan fingerprint density at radius 2 is 1.86 bits per heavy atom. The van der Waals surface area contributed by atoms with E-state index >= 15 is 0 Å². The molecular weight excluding hydrogens is 493 g/mol. The van der Waals surface area contributed by atoms with E-state index in [1.165, 1.54) is 0 Å². The Labute approximate surface area is 180 Å². The molecule has 1 N–H and O–H groups in total. The number of aromatic nitrogens is 1. The van der Waals surface area contributed by atoms with Crippen LogP contribution in [-0.4, -0.2) is 31.2 Å². The first kappa shape index (κ1) is 19.2. The third kappa shape index (κ3) is 3.38. The average Bonchev–Trinajstić information content (AvgIpc) is 3.13. The highest BCUT2D eigenvalue weighted by Gasteiger charge is 2.17. The molecule has 0 spiro atoms. The fourth-order valence-electron chi connectivity index (χ4n) is 3.40. The van der Waals surface area contributed by atoms with Crippen molar-refractivity contribution in [3.8, 4) is 11.5 Å². The first-order valence-electron chi connectivity index (χ1n) is 8.78. The summed E-state index contributed by atoms with van der Waals surface area (Å²) in [7, 11) is 0. The van der Waals surface area contributed by atoms with Crippen LogP contribution in [0, 0.1) is 3.57 Å². The standard InChI is InChI=1S/C20H16IN3O3.ClH/c21-15-2-1-3-16-18(15)23-19(26-16)14-10-12-4-5-13(11-17(12)27-20(14)25)24-8-6-22-7-9-24;/h1-5,10-11,22H,6-9H2;1H. The Hall–Kier alpha value is -2.10. The summed E-state index contributed by atoms with van der Waals surface area (Å²) in [6, 6.07) is 13.5. The molecule has 1 aliphatic rings. The highest BCUT2D eigenvalue weighted by atomic mass is 127. The van der Waals surface area contributed by atoms with Gasteiger partial charge in [0.25, 0.3) is 0 Å². The molecule has 2 aromatic carbocycles. The summed E-state index contributed by atoms with van der Waals surface area (Å²) in [6.45, 7) is 3.79. The van der Waals surface area contributed by atoms with Crippen LogP contribution in [0.4, 0.5) is 5.69 Å². The minimum Gasteiger partial charge on any atom is -0.436 e.